The van der Waals surface area contributed by atoms with Gasteiger partial charge in [-0.25, -0.2) is 0 Å². The molecule has 2 aromatic carbocycles. The number of thioether (sulfide) groups is 1. The number of fused-ring (bicyclic) bond motifs is 3. The number of benzene rings is 2. The van der Waals surface area contributed by atoms with Crippen LogP contribution in [0.2, 0.25) is 0 Å². The maximum Gasteiger partial charge on any atom is 0.247 e. The SMILES string of the molecule is CCCCCSc1nnc2c(n1)O[C@H](c1cccc(OCC)c1OC)N(C(C)=O)c1ccccc1-2. The molecule has 1 aromatic heterocycles. The van der Waals surface area contributed by atoms with Gasteiger partial charge >= 0.3 is 0 Å². The average Bonchev–Trinajstić information content (AvgIpc) is 3.01. The van der Waals surface area contributed by atoms with Crippen LogP contribution >= 0.6 is 11.8 Å². The summed E-state index contributed by atoms with van der Waals surface area (Å²) in [6, 6.07) is 13.1. The van der Waals surface area contributed by atoms with Crippen LogP contribution < -0.4 is 19.1 Å². The van der Waals surface area contributed by atoms with Crippen molar-refractivity contribution in [2.24, 2.45) is 0 Å². The standard InChI is InChI=1S/C26H30N4O4S/c1-5-7-10-16-35-26-27-24-22(28-29-26)18-12-8-9-14-20(18)30(17(3)31)25(34-24)19-13-11-15-21(33-6-2)23(19)32-4/h8-9,11-15,25H,5-7,10,16H2,1-4H3/t25-/m1/s1. The molecule has 1 atom stereocenters. The molecule has 1 amide bonds. The van der Waals surface area contributed by atoms with Gasteiger partial charge in [-0.3, -0.25) is 9.69 Å². The second-order valence-electron chi connectivity index (χ2n) is 7.99. The number of rotatable bonds is 9. The third kappa shape index (κ3) is 5.19. The van der Waals surface area contributed by atoms with Gasteiger partial charge in [0.1, 0.15) is 0 Å². The highest BCUT2D eigenvalue weighted by Gasteiger charge is 2.36. The summed E-state index contributed by atoms with van der Waals surface area (Å²) in [4.78, 5) is 19.4. The van der Waals surface area contributed by atoms with Crippen LogP contribution in [-0.4, -0.2) is 40.6 Å². The second-order valence-corrected chi connectivity index (χ2v) is 9.05. The fraction of sp³-hybridized carbons (Fsp3) is 0.385. The highest BCUT2D eigenvalue weighted by atomic mass is 32.2. The van der Waals surface area contributed by atoms with Gasteiger partial charge in [-0.2, -0.15) is 4.98 Å². The summed E-state index contributed by atoms with van der Waals surface area (Å²) in [7, 11) is 1.58. The van der Waals surface area contributed by atoms with Crippen molar-refractivity contribution in [1.82, 2.24) is 15.2 Å². The maximum atomic E-state index is 13.0. The third-order valence-electron chi connectivity index (χ3n) is 5.61. The van der Waals surface area contributed by atoms with E-state index < -0.39 is 6.23 Å². The summed E-state index contributed by atoms with van der Waals surface area (Å²) in [5.74, 6) is 2.11. The van der Waals surface area contributed by atoms with Gasteiger partial charge in [0.15, 0.2) is 17.2 Å². The summed E-state index contributed by atoms with van der Waals surface area (Å²) >= 11 is 1.55. The molecule has 35 heavy (non-hydrogen) atoms. The van der Waals surface area contributed by atoms with Gasteiger partial charge in [0, 0.05) is 18.2 Å². The molecular formula is C26H30N4O4S. The van der Waals surface area contributed by atoms with E-state index in [1.165, 1.54) is 6.92 Å². The number of aromatic nitrogens is 3. The largest absolute Gasteiger partial charge is 0.492 e. The van der Waals surface area contributed by atoms with E-state index in [4.69, 9.17) is 19.2 Å². The monoisotopic (exact) mass is 494 g/mol. The fourth-order valence-corrected chi connectivity index (χ4v) is 4.82. The summed E-state index contributed by atoms with van der Waals surface area (Å²) in [6.45, 7) is 6.07. The van der Waals surface area contributed by atoms with Gasteiger partial charge in [-0.1, -0.05) is 55.8 Å². The van der Waals surface area contributed by atoms with Crippen LogP contribution in [0.1, 0.15) is 51.8 Å². The van der Waals surface area contributed by atoms with Crippen LogP contribution in [0.5, 0.6) is 17.4 Å². The number of methoxy groups -OCH3 is 1. The first-order valence-electron chi connectivity index (χ1n) is 11.8. The first-order valence-corrected chi connectivity index (χ1v) is 12.8. The number of carbonyl (C=O) groups excluding carboxylic acids is 1. The van der Waals surface area contributed by atoms with Gasteiger partial charge in [0.25, 0.3) is 0 Å². The molecule has 2 heterocycles. The molecule has 0 spiro atoms. The molecule has 0 bridgehead atoms. The lowest BCUT2D eigenvalue weighted by molar-refractivity contribution is -0.118. The topological polar surface area (TPSA) is 86.7 Å². The average molecular weight is 495 g/mol. The van der Waals surface area contributed by atoms with Crippen molar-refractivity contribution in [2.75, 3.05) is 24.4 Å². The number of hydrogen-bond donors (Lipinski definition) is 0. The van der Waals surface area contributed by atoms with Crippen LogP contribution in [0.25, 0.3) is 11.3 Å². The van der Waals surface area contributed by atoms with Crippen molar-refractivity contribution in [3.8, 4) is 28.6 Å². The maximum absolute atomic E-state index is 13.0. The number of unbranched alkanes of at least 4 members (excludes halogenated alkanes) is 2. The molecule has 184 valence electrons. The van der Waals surface area contributed by atoms with Crippen molar-refractivity contribution in [3.05, 3.63) is 48.0 Å². The highest BCUT2D eigenvalue weighted by molar-refractivity contribution is 7.99. The van der Waals surface area contributed by atoms with E-state index in [9.17, 15) is 4.79 Å². The Labute approximate surface area is 210 Å². The smallest absolute Gasteiger partial charge is 0.247 e. The Morgan fingerprint density at radius 3 is 2.69 bits per heavy atom. The lowest BCUT2D eigenvalue weighted by atomic mass is 10.1. The van der Waals surface area contributed by atoms with Crippen LogP contribution in [0, 0.1) is 0 Å². The van der Waals surface area contributed by atoms with Gasteiger partial charge in [0.2, 0.25) is 23.2 Å². The third-order valence-corrected chi connectivity index (χ3v) is 6.53. The van der Waals surface area contributed by atoms with E-state index in [-0.39, 0.29) is 5.91 Å². The predicted molar refractivity (Wildman–Crippen MR) is 136 cm³/mol. The first kappa shape index (κ1) is 24.8. The van der Waals surface area contributed by atoms with Crippen molar-refractivity contribution >= 4 is 23.4 Å². The molecule has 0 N–H and O–H groups in total. The number of ether oxygens (including phenoxy) is 3. The summed E-state index contributed by atoms with van der Waals surface area (Å²) in [5.41, 5.74) is 2.52. The van der Waals surface area contributed by atoms with Crippen LogP contribution in [-0.2, 0) is 4.79 Å². The number of amides is 1. The van der Waals surface area contributed by atoms with Crippen LogP contribution in [0.4, 0.5) is 5.69 Å². The molecule has 0 unspecified atom stereocenters. The molecule has 1 aliphatic rings. The second kappa shape index (κ2) is 11.4. The molecule has 0 saturated carbocycles. The Hall–Kier alpha value is -3.33. The molecule has 0 radical (unpaired) electrons. The minimum Gasteiger partial charge on any atom is -0.492 e. The van der Waals surface area contributed by atoms with E-state index in [1.54, 1.807) is 23.8 Å². The zero-order valence-electron chi connectivity index (χ0n) is 20.5. The normalized spacial score (nSPS) is 14.4. The summed E-state index contributed by atoms with van der Waals surface area (Å²) in [6.07, 6.45) is 2.53. The van der Waals surface area contributed by atoms with E-state index in [0.29, 0.717) is 46.1 Å². The zero-order chi connectivity index (χ0) is 24.8. The van der Waals surface area contributed by atoms with E-state index in [2.05, 4.69) is 17.1 Å². The van der Waals surface area contributed by atoms with Crippen LogP contribution in [0.15, 0.2) is 47.6 Å². The fourth-order valence-electron chi connectivity index (χ4n) is 4.05. The Kier molecular flexibility index (Phi) is 8.07. The Morgan fingerprint density at radius 2 is 1.94 bits per heavy atom. The molecule has 9 heteroatoms. The van der Waals surface area contributed by atoms with E-state index >= 15 is 0 Å². The Balaban J connectivity index is 1.85. The molecule has 0 saturated heterocycles. The Bertz CT molecular complexity index is 1190. The van der Waals surface area contributed by atoms with Crippen molar-refractivity contribution < 1.29 is 19.0 Å². The molecular weight excluding hydrogens is 464 g/mol. The number of hydrogen-bond acceptors (Lipinski definition) is 8. The van der Waals surface area contributed by atoms with Gasteiger partial charge < -0.3 is 14.2 Å². The van der Waals surface area contributed by atoms with Gasteiger partial charge in [-0.05, 0) is 31.5 Å². The minimum absolute atomic E-state index is 0.193. The zero-order valence-corrected chi connectivity index (χ0v) is 21.3. The molecule has 4 rings (SSSR count). The summed E-state index contributed by atoms with van der Waals surface area (Å²) < 4.78 is 18.0. The molecule has 0 fully saturated rings. The quantitative estimate of drug-likeness (QED) is 0.278. The van der Waals surface area contributed by atoms with Crippen molar-refractivity contribution in [3.63, 3.8) is 0 Å². The van der Waals surface area contributed by atoms with E-state index in [1.807, 2.05) is 49.4 Å². The Morgan fingerprint density at radius 1 is 1.11 bits per heavy atom. The number of anilines is 1. The molecule has 8 nitrogen and oxygen atoms in total. The molecule has 3 aromatic rings. The van der Waals surface area contributed by atoms with Gasteiger partial charge in [0.05, 0.1) is 25.0 Å². The predicted octanol–water partition coefficient (Wildman–Crippen LogP) is 5.67. The number of para-hydroxylation sites is 2. The minimum atomic E-state index is -0.847. The highest BCUT2D eigenvalue weighted by Crippen LogP contribution is 2.46. The van der Waals surface area contributed by atoms with Crippen molar-refractivity contribution in [1.29, 1.82) is 0 Å². The lowest BCUT2D eigenvalue weighted by Crippen LogP contribution is -2.36. The van der Waals surface area contributed by atoms with E-state index in [0.717, 1.165) is 30.6 Å². The van der Waals surface area contributed by atoms with Crippen molar-refractivity contribution in [2.45, 2.75) is 51.4 Å². The lowest BCUT2D eigenvalue weighted by Gasteiger charge is -2.31. The number of carbonyl (C=O) groups is 1. The number of nitrogens with zero attached hydrogens (tertiary/aromatic N) is 4. The van der Waals surface area contributed by atoms with Gasteiger partial charge in [-0.15, -0.1) is 10.2 Å². The molecule has 0 aliphatic carbocycles. The molecule has 1 aliphatic heterocycles. The first-order chi connectivity index (χ1) is 17.1. The van der Waals surface area contributed by atoms with Crippen LogP contribution in [0.3, 0.4) is 0 Å². The summed E-state index contributed by atoms with van der Waals surface area (Å²) in [5, 5.41) is 9.37.